The third kappa shape index (κ3) is 9.61. The van der Waals surface area contributed by atoms with E-state index in [9.17, 15) is 0 Å². The highest BCUT2D eigenvalue weighted by Gasteiger charge is 2.05. The van der Waals surface area contributed by atoms with E-state index in [1.807, 2.05) is 0 Å². The summed E-state index contributed by atoms with van der Waals surface area (Å²) in [7, 11) is 0. The highest BCUT2D eigenvalue weighted by molar-refractivity contribution is 4.61. The zero-order chi connectivity index (χ0) is 15.8. The van der Waals surface area contributed by atoms with Gasteiger partial charge in [-0.2, -0.15) is 0 Å². The minimum Gasteiger partial charge on any atom is -0.303 e. The fourth-order valence-electron chi connectivity index (χ4n) is 2.08. The molecule has 0 saturated heterocycles. The van der Waals surface area contributed by atoms with E-state index in [0.29, 0.717) is 27.6 Å². The number of hydrogen-bond acceptors (Lipinski definition) is 2. The first kappa shape index (κ1) is 10.8. The lowest BCUT2D eigenvalue weighted by molar-refractivity contribution is 0.226. The number of nitrogens with zero attached hydrogens (tertiary/aromatic N) is 2. The second-order valence-corrected chi connectivity index (χ2v) is 4.45. The molecule has 0 aromatic carbocycles. The molecule has 2 nitrogen and oxygen atoms in total. The Morgan fingerprint density at radius 1 is 0.588 bits per heavy atom. The van der Waals surface area contributed by atoms with E-state index in [-0.39, 0.29) is 0 Å². The lowest BCUT2D eigenvalue weighted by Crippen LogP contribution is -2.32. The normalized spacial score (nSPS) is 14.7. The Labute approximate surface area is 115 Å². The van der Waals surface area contributed by atoms with Crippen LogP contribution in [0.2, 0.25) is 0 Å². The van der Waals surface area contributed by atoms with Crippen LogP contribution < -0.4 is 0 Å². The van der Waals surface area contributed by atoms with E-state index in [0.717, 1.165) is 71.4 Å². The van der Waals surface area contributed by atoms with Crippen molar-refractivity contribution in [2.75, 3.05) is 39.3 Å². The van der Waals surface area contributed by atoms with Gasteiger partial charge in [-0.15, -0.1) is 0 Å². The van der Waals surface area contributed by atoms with Gasteiger partial charge >= 0.3 is 0 Å². The predicted molar refractivity (Wildman–Crippen MR) is 78.7 cm³/mol. The van der Waals surface area contributed by atoms with Crippen molar-refractivity contribution in [3.63, 3.8) is 0 Å². The molecule has 0 aromatic rings. The van der Waals surface area contributed by atoms with Crippen LogP contribution in [0.4, 0.5) is 0 Å². The van der Waals surface area contributed by atoms with Crippen molar-refractivity contribution >= 4 is 0 Å². The van der Waals surface area contributed by atoms with Gasteiger partial charge in [0.2, 0.25) is 0 Å². The summed E-state index contributed by atoms with van der Waals surface area (Å²) in [6.45, 7) is 7.91. The second kappa shape index (κ2) is 12.4. The summed E-state index contributed by atoms with van der Waals surface area (Å²) in [6, 6.07) is 0. The largest absolute Gasteiger partial charge is 0.303 e. The third-order valence-corrected chi connectivity index (χ3v) is 2.85. The van der Waals surface area contributed by atoms with Crippen LogP contribution in [0.15, 0.2) is 0 Å². The quantitative estimate of drug-likeness (QED) is 0.522. The third-order valence-electron chi connectivity index (χ3n) is 2.85. The molecule has 0 aliphatic rings. The molecular formula is C15H34N2. The molecule has 0 bridgehead atoms. The first-order valence-electron chi connectivity index (χ1n) is 9.73. The van der Waals surface area contributed by atoms with Gasteiger partial charge in [0.05, 0.1) is 0 Å². The summed E-state index contributed by atoms with van der Waals surface area (Å²) in [5, 5.41) is 0. The Morgan fingerprint density at radius 2 is 0.941 bits per heavy atom. The minimum atomic E-state index is 0.483. The average Bonchev–Trinajstić information content (AvgIpc) is 2.51. The zero-order valence-corrected chi connectivity index (χ0v) is 11.5. The molecule has 0 fully saturated rings. The molecule has 2 heteroatoms. The Balaban J connectivity index is 3.96. The summed E-state index contributed by atoms with van der Waals surface area (Å²) in [4.78, 5) is 4.77. The molecule has 0 aliphatic heterocycles. The first-order chi connectivity index (χ1) is 10.3. The Bertz CT molecular complexity index is 172. The minimum absolute atomic E-state index is 0.483. The molecule has 0 rings (SSSR count). The van der Waals surface area contributed by atoms with E-state index < -0.39 is 0 Å². The maximum Gasteiger partial charge on any atom is 0.0231 e. The van der Waals surface area contributed by atoms with Crippen LogP contribution in [-0.2, 0) is 0 Å². The Kier molecular flexibility index (Phi) is 7.87. The van der Waals surface area contributed by atoms with Crippen molar-refractivity contribution in [2.24, 2.45) is 0 Å². The van der Waals surface area contributed by atoms with Gasteiger partial charge in [0.25, 0.3) is 0 Å². The average molecular weight is 250 g/mol. The molecule has 0 unspecified atom stereocenters. The van der Waals surface area contributed by atoms with Crippen LogP contribution in [0.25, 0.3) is 0 Å². The predicted octanol–water partition coefficient (Wildman–Crippen LogP) is 3.62. The van der Waals surface area contributed by atoms with Crippen molar-refractivity contribution in [3.8, 4) is 0 Å². The number of rotatable bonds is 12. The molecule has 0 saturated carbocycles. The fraction of sp³-hybridized carbons (Fsp3) is 1.00. The Morgan fingerprint density at radius 3 is 1.24 bits per heavy atom. The molecule has 17 heavy (non-hydrogen) atoms. The van der Waals surface area contributed by atoms with Gasteiger partial charge in [0.1, 0.15) is 0 Å². The summed E-state index contributed by atoms with van der Waals surface area (Å²) in [5.74, 6) is 0. The number of hydrogen-bond donors (Lipinski definition) is 0. The molecular weight excluding hydrogens is 208 g/mol. The smallest absolute Gasteiger partial charge is 0.0231 e. The summed E-state index contributed by atoms with van der Waals surface area (Å²) >= 11 is 0. The standard InChI is InChI=1S/C15H34N2/c1-5-10-16(11-6-2)14-9-15-17(12-7-3)13-8-4/h5-15H2,1-4H3/i1T,2T,3T,4T. The fourth-order valence-corrected chi connectivity index (χ4v) is 2.08. The molecule has 0 aromatic heterocycles. The topological polar surface area (TPSA) is 6.48 Å². The van der Waals surface area contributed by atoms with Crippen LogP contribution in [-0.4, -0.2) is 49.1 Å². The monoisotopic (exact) mass is 250 g/mol. The van der Waals surface area contributed by atoms with E-state index >= 15 is 0 Å². The Hall–Kier alpha value is -0.0800. The molecule has 104 valence electrons. The molecule has 0 aliphatic carbocycles. The van der Waals surface area contributed by atoms with Gasteiger partial charge in [-0.05, 0) is 71.4 Å². The van der Waals surface area contributed by atoms with Gasteiger partial charge in [0, 0.05) is 5.48 Å². The maximum atomic E-state index is 7.26. The van der Waals surface area contributed by atoms with Crippen LogP contribution in [0.3, 0.4) is 0 Å². The van der Waals surface area contributed by atoms with Crippen LogP contribution in [0, 0.1) is 0 Å². The molecule has 0 amide bonds. The molecule has 0 N–H and O–H groups in total. The lowest BCUT2D eigenvalue weighted by atomic mass is 10.3. The molecule has 0 heterocycles. The van der Waals surface area contributed by atoms with E-state index in [1.165, 1.54) is 0 Å². The lowest BCUT2D eigenvalue weighted by Gasteiger charge is -2.24. The molecule has 0 spiro atoms. The SMILES string of the molecule is [3H]CCCN(CCC[3H])CCCN(CCC[3H])CCC[3H]. The van der Waals surface area contributed by atoms with Crippen molar-refractivity contribution in [2.45, 2.75) is 59.7 Å². The van der Waals surface area contributed by atoms with Crippen LogP contribution in [0.5, 0.6) is 0 Å². The van der Waals surface area contributed by atoms with Crippen molar-refractivity contribution < 1.29 is 5.48 Å². The second-order valence-electron chi connectivity index (χ2n) is 4.45. The zero-order valence-electron chi connectivity index (χ0n) is 15.5. The van der Waals surface area contributed by atoms with Gasteiger partial charge in [-0.3, -0.25) is 0 Å². The van der Waals surface area contributed by atoms with E-state index in [4.69, 9.17) is 5.48 Å². The van der Waals surface area contributed by atoms with Crippen molar-refractivity contribution in [1.82, 2.24) is 9.80 Å². The first-order valence-corrected chi connectivity index (χ1v) is 6.90. The maximum absolute atomic E-state index is 7.26. The molecule has 0 atom stereocenters. The van der Waals surface area contributed by atoms with Gasteiger partial charge in [0.15, 0.2) is 0 Å². The highest BCUT2D eigenvalue weighted by atomic mass is 15.1. The highest BCUT2D eigenvalue weighted by Crippen LogP contribution is 2.00. The summed E-state index contributed by atoms with van der Waals surface area (Å²) in [5.41, 5.74) is 0. The van der Waals surface area contributed by atoms with Gasteiger partial charge in [-0.1, -0.05) is 27.6 Å². The summed E-state index contributed by atoms with van der Waals surface area (Å²) in [6.07, 6.45) is 4.77. The van der Waals surface area contributed by atoms with E-state index in [1.54, 1.807) is 0 Å². The van der Waals surface area contributed by atoms with Gasteiger partial charge < -0.3 is 9.80 Å². The summed E-state index contributed by atoms with van der Waals surface area (Å²) < 4.78 is 29.1. The van der Waals surface area contributed by atoms with Crippen molar-refractivity contribution in [3.05, 3.63) is 0 Å². The van der Waals surface area contributed by atoms with E-state index in [2.05, 4.69) is 9.80 Å². The van der Waals surface area contributed by atoms with Crippen molar-refractivity contribution in [1.29, 1.82) is 0 Å². The van der Waals surface area contributed by atoms with Crippen LogP contribution in [0.1, 0.15) is 65.2 Å². The van der Waals surface area contributed by atoms with Gasteiger partial charge in [-0.25, -0.2) is 0 Å². The van der Waals surface area contributed by atoms with Crippen LogP contribution >= 0.6 is 0 Å². The molecule has 0 radical (unpaired) electrons.